The van der Waals surface area contributed by atoms with Crippen LogP contribution in [0.3, 0.4) is 0 Å². The summed E-state index contributed by atoms with van der Waals surface area (Å²) in [6.07, 6.45) is 3.68. The van der Waals surface area contributed by atoms with Crippen molar-refractivity contribution in [2.24, 2.45) is 5.41 Å². The molecule has 222 valence electrons. The number of fused-ring (bicyclic) bond motifs is 1. The van der Waals surface area contributed by atoms with Crippen molar-refractivity contribution in [2.75, 3.05) is 24.5 Å². The molecule has 2 aliphatic heterocycles. The third kappa shape index (κ3) is 4.31. The van der Waals surface area contributed by atoms with Gasteiger partial charge in [0.1, 0.15) is 11.2 Å². The fourth-order valence-electron chi connectivity index (χ4n) is 7.46. The summed E-state index contributed by atoms with van der Waals surface area (Å²) in [6, 6.07) is 42.4. The normalized spacial score (nSPS) is 18.3. The van der Waals surface area contributed by atoms with E-state index in [2.05, 4.69) is 130 Å². The summed E-state index contributed by atoms with van der Waals surface area (Å²) in [7, 11) is 0. The van der Waals surface area contributed by atoms with Crippen molar-refractivity contribution in [3.63, 3.8) is 0 Å². The molecule has 0 bridgehead atoms. The number of aromatic nitrogens is 3. The number of carbonyl (C=O) groups is 1. The molecule has 8 rings (SSSR count). The summed E-state index contributed by atoms with van der Waals surface area (Å²) in [6.45, 7) is 4.38. The second-order valence-corrected chi connectivity index (χ2v) is 12.4. The van der Waals surface area contributed by atoms with Gasteiger partial charge in [0.05, 0.1) is 10.9 Å². The molecule has 1 atom stereocenters. The second kappa shape index (κ2) is 10.8. The van der Waals surface area contributed by atoms with E-state index >= 15 is 0 Å². The van der Waals surface area contributed by atoms with Crippen LogP contribution in [-0.2, 0) is 10.3 Å². The second-order valence-electron chi connectivity index (χ2n) is 12.4. The fraction of sp³-hybridized carbons (Fsp3) is 0.205. The maximum atomic E-state index is 13.8. The highest BCUT2D eigenvalue weighted by molar-refractivity contribution is 6.03. The Balaban J connectivity index is 1.42. The Morgan fingerprint density at radius 1 is 0.778 bits per heavy atom. The van der Waals surface area contributed by atoms with Crippen LogP contribution in [0.15, 0.2) is 128 Å². The average molecular weight is 590 g/mol. The van der Waals surface area contributed by atoms with Crippen LogP contribution in [0.4, 0.5) is 5.69 Å². The first-order valence-corrected chi connectivity index (χ1v) is 15.8. The van der Waals surface area contributed by atoms with Crippen molar-refractivity contribution in [1.82, 2.24) is 20.1 Å². The smallest absolute Gasteiger partial charge is 0.234 e. The molecule has 2 saturated heterocycles. The number of carbonyl (C=O) groups excluding carboxylic acids is 1. The Hall–Kier alpha value is -5.07. The summed E-state index contributed by atoms with van der Waals surface area (Å²) in [5, 5.41) is 9.92. The van der Waals surface area contributed by atoms with E-state index in [4.69, 9.17) is 5.10 Å². The molecular formula is C39H35N5O. The molecule has 6 heteroatoms. The number of anilines is 1. The molecule has 4 aromatic carbocycles. The van der Waals surface area contributed by atoms with Crippen molar-refractivity contribution in [3.8, 4) is 11.3 Å². The van der Waals surface area contributed by atoms with Crippen LogP contribution in [0, 0.1) is 12.3 Å². The molecule has 1 N–H and O–H groups in total. The first-order chi connectivity index (χ1) is 22.1. The van der Waals surface area contributed by atoms with Gasteiger partial charge in [0, 0.05) is 41.6 Å². The van der Waals surface area contributed by atoms with Crippen LogP contribution < -0.4 is 10.2 Å². The lowest BCUT2D eigenvalue weighted by Crippen LogP contribution is -2.38. The highest BCUT2D eigenvalue weighted by Gasteiger charge is 2.49. The van der Waals surface area contributed by atoms with Gasteiger partial charge in [-0.1, -0.05) is 91.0 Å². The standard InChI is InChI=1S/C39H35N5O/c1-28-17-18-29(26-41-28)36-34-25-33(43-24-22-38(37(43)45)21-23-40-27-38)19-20-35(34)44(42-36)39(30-11-5-2-6-12-30,31-13-7-3-8-14-31)32-15-9-4-10-16-32/h2-20,25-26,40H,21-24,27H2,1H3. The number of amides is 1. The molecule has 0 radical (unpaired) electrons. The minimum Gasteiger partial charge on any atom is -0.316 e. The zero-order chi connectivity index (χ0) is 30.4. The molecule has 4 heterocycles. The lowest BCUT2D eigenvalue weighted by molar-refractivity contribution is -0.124. The van der Waals surface area contributed by atoms with Gasteiger partial charge >= 0.3 is 0 Å². The van der Waals surface area contributed by atoms with Crippen LogP contribution in [0.1, 0.15) is 35.2 Å². The Labute approximate surface area is 263 Å². The first kappa shape index (κ1) is 27.5. The van der Waals surface area contributed by atoms with E-state index in [-0.39, 0.29) is 11.3 Å². The molecule has 2 aromatic heterocycles. The largest absolute Gasteiger partial charge is 0.316 e. The van der Waals surface area contributed by atoms with E-state index in [0.29, 0.717) is 0 Å². The zero-order valence-corrected chi connectivity index (χ0v) is 25.4. The maximum absolute atomic E-state index is 13.8. The van der Waals surface area contributed by atoms with Gasteiger partial charge < -0.3 is 10.2 Å². The molecule has 1 amide bonds. The minimum atomic E-state index is -0.775. The van der Waals surface area contributed by atoms with Gasteiger partial charge in [0.2, 0.25) is 5.91 Å². The molecule has 2 aliphatic rings. The van der Waals surface area contributed by atoms with E-state index in [1.807, 2.05) is 24.1 Å². The number of hydrogen-bond acceptors (Lipinski definition) is 4. The predicted octanol–water partition coefficient (Wildman–Crippen LogP) is 6.96. The predicted molar refractivity (Wildman–Crippen MR) is 179 cm³/mol. The number of aryl methyl sites for hydroxylation is 1. The number of hydrogen-bond donors (Lipinski definition) is 1. The average Bonchev–Trinajstić information content (AvgIpc) is 3.82. The molecule has 1 unspecified atom stereocenters. The monoisotopic (exact) mass is 589 g/mol. The Bertz CT molecular complexity index is 1880. The lowest BCUT2D eigenvalue weighted by Gasteiger charge is -2.37. The van der Waals surface area contributed by atoms with Crippen LogP contribution in [0.25, 0.3) is 22.2 Å². The third-order valence-electron chi connectivity index (χ3n) is 9.81. The van der Waals surface area contributed by atoms with Gasteiger partial charge in [-0.25, -0.2) is 4.68 Å². The Morgan fingerprint density at radius 2 is 1.42 bits per heavy atom. The van der Waals surface area contributed by atoms with E-state index in [1.54, 1.807) is 0 Å². The van der Waals surface area contributed by atoms with Crippen molar-refractivity contribution < 1.29 is 4.79 Å². The van der Waals surface area contributed by atoms with E-state index in [0.717, 1.165) is 82.7 Å². The van der Waals surface area contributed by atoms with E-state index in [1.165, 1.54) is 0 Å². The maximum Gasteiger partial charge on any atom is 0.234 e. The van der Waals surface area contributed by atoms with Gasteiger partial charge in [-0.3, -0.25) is 9.78 Å². The lowest BCUT2D eigenvalue weighted by atomic mass is 9.77. The SMILES string of the molecule is Cc1ccc(-c2nn(C(c3ccccc3)(c3ccccc3)c3ccccc3)c3ccc(N4CCC5(CCNC5)C4=O)cc23)cn1. The highest BCUT2D eigenvalue weighted by atomic mass is 16.2. The van der Waals surface area contributed by atoms with Crippen LogP contribution >= 0.6 is 0 Å². The topological polar surface area (TPSA) is 63.1 Å². The molecule has 0 aliphatic carbocycles. The number of rotatable bonds is 6. The minimum absolute atomic E-state index is 0.227. The van der Waals surface area contributed by atoms with Gasteiger partial charge in [-0.05, 0) is 73.3 Å². The van der Waals surface area contributed by atoms with Crippen molar-refractivity contribution in [1.29, 1.82) is 0 Å². The van der Waals surface area contributed by atoms with Gasteiger partial charge in [0.15, 0.2) is 0 Å². The fourth-order valence-corrected chi connectivity index (χ4v) is 7.46. The van der Waals surface area contributed by atoms with Crippen LogP contribution in [-0.4, -0.2) is 40.3 Å². The molecule has 6 nitrogen and oxygen atoms in total. The summed E-state index contributed by atoms with van der Waals surface area (Å²) in [4.78, 5) is 20.5. The molecule has 1 spiro atoms. The van der Waals surface area contributed by atoms with Crippen molar-refractivity contribution in [3.05, 3.63) is 150 Å². The molecular weight excluding hydrogens is 554 g/mol. The third-order valence-corrected chi connectivity index (χ3v) is 9.81. The van der Waals surface area contributed by atoms with Gasteiger partial charge in [-0.15, -0.1) is 0 Å². The van der Waals surface area contributed by atoms with Crippen LogP contribution in [0.5, 0.6) is 0 Å². The Kier molecular flexibility index (Phi) is 6.61. The van der Waals surface area contributed by atoms with E-state index in [9.17, 15) is 4.79 Å². The highest BCUT2D eigenvalue weighted by Crippen LogP contribution is 2.45. The zero-order valence-electron chi connectivity index (χ0n) is 25.4. The number of pyridine rings is 1. The number of nitrogens with one attached hydrogen (secondary N) is 1. The Morgan fingerprint density at radius 3 is 1.98 bits per heavy atom. The summed E-state index contributed by atoms with van der Waals surface area (Å²) < 4.78 is 2.19. The number of benzene rings is 4. The molecule has 0 saturated carbocycles. The van der Waals surface area contributed by atoms with Crippen molar-refractivity contribution >= 4 is 22.5 Å². The summed E-state index contributed by atoms with van der Waals surface area (Å²) in [5.74, 6) is 0.227. The molecule has 2 fully saturated rings. The van der Waals surface area contributed by atoms with Gasteiger partial charge in [0.25, 0.3) is 0 Å². The summed E-state index contributed by atoms with van der Waals surface area (Å²) in [5.41, 5.74) is 6.89. The first-order valence-electron chi connectivity index (χ1n) is 15.8. The number of nitrogens with zero attached hydrogens (tertiary/aromatic N) is 4. The van der Waals surface area contributed by atoms with Gasteiger partial charge in [-0.2, -0.15) is 5.10 Å². The quantitative estimate of drug-likeness (QED) is 0.213. The molecule has 45 heavy (non-hydrogen) atoms. The van der Waals surface area contributed by atoms with Crippen molar-refractivity contribution in [2.45, 2.75) is 25.3 Å². The summed E-state index contributed by atoms with van der Waals surface area (Å²) >= 11 is 0. The molecule has 6 aromatic rings. The van der Waals surface area contributed by atoms with Crippen LogP contribution in [0.2, 0.25) is 0 Å². The van der Waals surface area contributed by atoms with E-state index < -0.39 is 5.54 Å².